The van der Waals surface area contributed by atoms with Gasteiger partial charge in [0.2, 0.25) is 5.82 Å². The minimum atomic E-state index is -0.413. The lowest BCUT2D eigenvalue weighted by Gasteiger charge is -2.11. The summed E-state index contributed by atoms with van der Waals surface area (Å²) in [7, 11) is 3.24. The minimum Gasteiger partial charge on any atom is -0.493 e. The Morgan fingerprint density at radius 3 is 2.47 bits per heavy atom. The normalized spacial score (nSPS) is 11.1. The molecule has 2 aromatic heterocycles. The number of aromatic nitrogens is 3. The largest absolute Gasteiger partial charge is 0.493 e. The lowest BCUT2D eigenvalue weighted by molar-refractivity contribution is 0.101. The summed E-state index contributed by atoms with van der Waals surface area (Å²) in [6, 6.07) is 21.4. The number of rotatable bonds is 7. The number of benzene rings is 3. The molecule has 0 radical (unpaired) electrons. The Kier molecular flexibility index (Phi) is 6.16. The van der Waals surface area contributed by atoms with Gasteiger partial charge in [0.25, 0.3) is 5.91 Å². The molecule has 5 rings (SSSR count). The molecule has 36 heavy (non-hydrogen) atoms. The zero-order chi connectivity index (χ0) is 25.2. The highest BCUT2D eigenvalue weighted by atomic mass is 16.5. The molecule has 0 aliphatic rings. The number of para-hydroxylation sites is 1. The van der Waals surface area contributed by atoms with Gasteiger partial charge in [0.05, 0.1) is 25.1 Å². The quantitative estimate of drug-likeness (QED) is 0.339. The Hall–Kier alpha value is -4.59. The van der Waals surface area contributed by atoms with E-state index in [0.717, 1.165) is 27.4 Å². The van der Waals surface area contributed by atoms with E-state index in [1.807, 2.05) is 73.7 Å². The first-order valence-corrected chi connectivity index (χ1v) is 11.6. The fourth-order valence-corrected chi connectivity index (χ4v) is 4.38. The number of hydrogen-bond donors (Lipinski definition) is 2. The number of ether oxygens (including phenoxy) is 2. The fourth-order valence-electron chi connectivity index (χ4n) is 4.38. The number of nitrogens with one attached hydrogen (secondary N) is 1. The predicted octanol–water partition coefficient (Wildman–Crippen LogP) is 4.99. The monoisotopic (exact) mass is 481 g/mol. The van der Waals surface area contributed by atoms with Gasteiger partial charge < -0.3 is 25.1 Å². The maximum absolute atomic E-state index is 13.0. The average molecular weight is 482 g/mol. The number of fused-ring (bicyclic) bond motifs is 3. The maximum atomic E-state index is 13.0. The van der Waals surface area contributed by atoms with Gasteiger partial charge in [0.15, 0.2) is 11.5 Å². The highest BCUT2D eigenvalue weighted by Crippen LogP contribution is 2.32. The van der Waals surface area contributed by atoms with Gasteiger partial charge in [0.1, 0.15) is 11.5 Å². The lowest BCUT2D eigenvalue weighted by Crippen LogP contribution is -2.17. The minimum absolute atomic E-state index is 0.0238. The molecular weight excluding hydrogens is 454 g/mol. The van der Waals surface area contributed by atoms with E-state index < -0.39 is 5.91 Å². The van der Waals surface area contributed by atoms with E-state index in [9.17, 15) is 4.79 Å². The molecule has 0 saturated carbocycles. The summed E-state index contributed by atoms with van der Waals surface area (Å²) in [4.78, 5) is 22.0. The van der Waals surface area contributed by atoms with Crippen LogP contribution < -0.4 is 20.5 Å². The lowest BCUT2D eigenvalue weighted by atomic mass is 10.1. The molecule has 5 aromatic rings. The molecule has 2 heterocycles. The first-order chi connectivity index (χ1) is 17.5. The standard InChI is InChI=1S/C28H27N5O3/c1-17-8-11-19(12-9-17)30-28(34)26-31-25(29)24-20-6-4-5-7-21(20)33(27(24)32-26)15-14-18-10-13-22(35-2)23(16-18)36-3/h4-13,16H,14-15H2,1-3H3,(H,30,34)(H2,29,31,32). The van der Waals surface area contributed by atoms with Crippen molar-refractivity contribution in [3.8, 4) is 11.5 Å². The van der Waals surface area contributed by atoms with E-state index in [1.165, 1.54) is 0 Å². The molecular formula is C28H27N5O3. The summed E-state index contributed by atoms with van der Waals surface area (Å²) in [5.74, 6) is 1.25. The number of carbonyl (C=O) groups is 1. The van der Waals surface area contributed by atoms with Crippen molar-refractivity contribution in [2.24, 2.45) is 0 Å². The molecule has 0 atom stereocenters. The van der Waals surface area contributed by atoms with E-state index in [0.29, 0.717) is 35.8 Å². The Bertz CT molecular complexity index is 1570. The first kappa shape index (κ1) is 23.2. The van der Waals surface area contributed by atoms with Gasteiger partial charge in [-0.05, 0) is 49.2 Å². The number of nitrogens with zero attached hydrogens (tertiary/aromatic N) is 3. The summed E-state index contributed by atoms with van der Waals surface area (Å²) in [5.41, 5.74) is 10.8. The van der Waals surface area contributed by atoms with Gasteiger partial charge in [-0.3, -0.25) is 4.79 Å². The van der Waals surface area contributed by atoms with Crippen LogP contribution in [0.5, 0.6) is 11.5 Å². The van der Waals surface area contributed by atoms with Gasteiger partial charge >= 0.3 is 0 Å². The van der Waals surface area contributed by atoms with E-state index in [1.54, 1.807) is 14.2 Å². The molecule has 1 amide bonds. The maximum Gasteiger partial charge on any atom is 0.293 e. The van der Waals surface area contributed by atoms with Gasteiger partial charge in [-0.25, -0.2) is 9.97 Å². The Morgan fingerprint density at radius 1 is 0.972 bits per heavy atom. The topological polar surface area (TPSA) is 104 Å². The van der Waals surface area contributed by atoms with Crippen LogP contribution in [0.2, 0.25) is 0 Å². The van der Waals surface area contributed by atoms with Crippen LogP contribution in [0.4, 0.5) is 11.5 Å². The smallest absolute Gasteiger partial charge is 0.293 e. The van der Waals surface area contributed by atoms with Crippen LogP contribution >= 0.6 is 0 Å². The molecule has 3 N–H and O–H groups in total. The molecule has 0 unspecified atom stereocenters. The number of carbonyl (C=O) groups excluding carboxylic acids is 1. The zero-order valence-corrected chi connectivity index (χ0v) is 20.4. The Morgan fingerprint density at radius 2 is 1.72 bits per heavy atom. The number of aryl methyl sites for hydroxylation is 3. The summed E-state index contributed by atoms with van der Waals surface area (Å²) >= 11 is 0. The summed E-state index contributed by atoms with van der Waals surface area (Å²) < 4.78 is 12.9. The Labute approximate surface area is 208 Å². The van der Waals surface area contributed by atoms with Crippen molar-refractivity contribution in [1.29, 1.82) is 0 Å². The number of methoxy groups -OCH3 is 2. The predicted molar refractivity (Wildman–Crippen MR) is 142 cm³/mol. The van der Waals surface area contributed by atoms with Crippen molar-refractivity contribution < 1.29 is 14.3 Å². The molecule has 0 bridgehead atoms. The van der Waals surface area contributed by atoms with E-state index >= 15 is 0 Å². The molecule has 182 valence electrons. The average Bonchev–Trinajstić information content (AvgIpc) is 3.22. The van der Waals surface area contributed by atoms with Gasteiger partial charge in [0, 0.05) is 17.6 Å². The highest BCUT2D eigenvalue weighted by molar-refractivity contribution is 6.13. The number of nitrogen functional groups attached to an aromatic ring is 1. The molecule has 8 nitrogen and oxygen atoms in total. The second kappa shape index (κ2) is 9.58. The van der Waals surface area contributed by atoms with Crippen molar-refractivity contribution in [2.45, 2.75) is 19.9 Å². The van der Waals surface area contributed by atoms with E-state index in [2.05, 4.69) is 19.9 Å². The van der Waals surface area contributed by atoms with Crippen molar-refractivity contribution in [3.63, 3.8) is 0 Å². The fraction of sp³-hybridized carbons (Fsp3) is 0.179. The second-order valence-electron chi connectivity index (χ2n) is 8.56. The van der Waals surface area contributed by atoms with Crippen molar-refractivity contribution in [1.82, 2.24) is 14.5 Å². The third kappa shape index (κ3) is 4.29. The third-order valence-electron chi connectivity index (χ3n) is 6.22. The highest BCUT2D eigenvalue weighted by Gasteiger charge is 2.20. The van der Waals surface area contributed by atoms with Crippen molar-refractivity contribution in [3.05, 3.63) is 83.7 Å². The van der Waals surface area contributed by atoms with Gasteiger partial charge in [-0.15, -0.1) is 0 Å². The van der Waals surface area contributed by atoms with Crippen LogP contribution in [0.1, 0.15) is 21.7 Å². The van der Waals surface area contributed by atoms with Crippen molar-refractivity contribution in [2.75, 3.05) is 25.3 Å². The Balaban J connectivity index is 1.53. The van der Waals surface area contributed by atoms with Crippen LogP contribution in [-0.4, -0.2) is 34.7 Å². The summed E-state index contributed by atoms with van der Waals surface area (Å²) in [5, 5.41) is 4.54. The van der Waals surface area contributed by atoms with Crippen LogP contribution in [0.3, 0.4) is 0 Å². The number of nitrogens with two attached hydrogens (primary N) is 1. The van der Waals surface area contributed by atoms with E-state index in [4.69, 9.17) is 15.2 Å². The molecule has 0 aliphatic heterocycles. The zero-order valence-electron chi connectivity index (χ0n) is 20.4. The summed E-state index contributed by atoms with van der Waals surface area (Å²) in [6.07, 6.45) is 0.711. The van der Waals surface area contributed by atoms with Crippen LogP contribution in [0.15, 0.2) is 66.7 Å². The summed E-state index contributed by atoms with van der Waals surface area (Å²) in [6.45, 7) is 2.61. The van der Waals surface area contributed by atoms with Crippen LogP contribution in [0, 0.1) is 6.92 Å². The second-order valence-corrected chi connectivity index (χ2v) is 8.56. The number of amides is 1. The van der Waals surface area contributed by atoms with E-state index in [-0.39, 0.29) is 11.6 Å². The van der Waals surface area contributed by atoms with Crippen LogP contribution in [0.25, 0.3) is 21.9 Å². The molecule has 0 fully saturated rings. The van der Waals surface area contributed by atoms with Gasteiger partial charge in [-0.1, -0.05) is 42.0 Å². The van der Waals surface area contributed by atoms with Crippen LogP contribution in [-0.2, 0) is 13.0 Å². The first-order valence-electron chi connectivity index (χ1n) is 11.6. The molecule has 0 saturated heterocycles. The molecule has 0 spiro atoms. The molecule has 0 aliphatic carbocycles. The van der Waals surface area contributed by atoms with Crippen molar-refractivity contribution >= 4 is 39.3 Å². The third-order valence-corrected chi connectivity index (χ3v) is 6.22. The SMILES string of the molecule is COc1ccc(CCn2c3ccccc3c3c(N)nc(C(=O)Nc4ccc(C)cc4)nc32)cc1OC. The molecule has 3 aromatic carbocycles. The number of anilines is 2. The number of hydrogen-bond acceptors (Lipinski definition) is 6. The van der Waals surface area contributed by atoms with Gasteiger partial charge in [-0.2, -0.15) is 0 Å². The molecule has 8 heteroatoms.